The number of rotatable bonds is 7. The van der Waals surface area contributed by atoms with Crippen LogP contribution in [0, 0.1) is 11.3 Å². The maximum Gasteiger partial charge on any atom is 0.303 e. The highest BCUT2D eigenvalue weighted by molar-refractivity contribution is 5.66. The minimum Gasteiger partial charge on any atom is -0.447 e. The van der Waals surface area contributed by atoms with Crippen molar-refractivity contribution >= 4 is 5.97 Å². The summed E-state index contributed by atoms with van der Waals surface area (Å²) in [5.74, 6) is -0.370. The highest BCUT2D eigenvalue weighted by atomic mass is 16.5. The first-order chi connectivity index (χ1) is 6.70. The van der Waals surface area contributed by atoms with Crippen molar-refractivity contribution in [2.75, 3.05) is 0 Å². The number of nitrogens with zero attached hydrogens (tertiary/aromatic N) is 1. The van der Waals surface area contributed by atoms with Gasteiger partial charge in [-0.15, -0.1) is 0 Å². The summed E-state index contributed by atoms with van der Waals surface area (Å²) in [6.07, 6.45) is 5.86. The molecule has 1 unspecified atom stereocenters. The number of nitriles is 1. The Morgan fingerprint density at radius 1 is 1.36 bits per heavy atom. The van der Waals surface area contributed by atoms with Crippen LogP contribution in [0.1, 0.15) is 52.4 Å². The molecule has 0 aliphatic rings. The van der Waals surface area contributed by atoms with E-state index in [-0.39, 0.29) is 5.97 Å². The minimum absolute atomic E-state index is 0.370. The maximum atomic E-state index is 10.6. The highest BCUT2D eigenvalue weighted by Gasteiger charge is 2.09. The van der Waals surface area contributed by atoms with E-state index >= 15 is 0 Å². The fourth-order valence-electron chi connectivity index (χ4n) is 1.28. The predicted molar refractivity (Wildman–Crippen MR) is 54.5 cm³/mol. The van der Waals surface area contributed by atoms with E-state index in [1.807, 2.05) is 6.07 Å². The molecule has 0 saturated heterocycles. The zero-order valence-corrected chi connectivity index (χ0v) is 9.08. The van der Waals surface area contributed by atoms with E-state index in [1.54, 1.807) is 0 Å². The molecule has 14 heavy (non-hydrogen) atoms. The average molecular weight is 197 g/mol. The predicted octanol–water partition coefficient (Wildman–Crippen LogP) is 2.80. The first kappa shape index (κ1) is 13.0. The minimum atomic E-state index is -0.547. The average Bonchev–Trinajstić information content (AvgIpc) is 2.15. The molecule has 0 bridgehead atoms. The SMILES string of the molecule is CCCCCCCC(C#N)OC(C)=O. The fraction of sp³-hybridized carbons (Fsp3) is 0.818. The Balaban J connectivity index is 3.44. The third kappa shape index (κ3) is 7.60. The Kier molecular flexibility index (Phi) is 7.92. The molecule has 0 aliphatic carbocycles. The third-order valence-electron chi connectivity index (χ3n) is 2.02. The largest absolute Gasteiger partial charge is 0.447 e. The first-order valence-electron chi connectivity index (χ1n) is 5.27. The molecule has 0 fully saturated rings. The molecule has 0 aromatic heterocycles. The summed E-state index contributed by atoms with van der Waals surface area (Å²) in [6, 6.07) is 1.98. The van der Waals surface area contributed by atoms with E-state index in [0.717, 1.165) is 12.8 Å². The second-order valence-corrected chi connectivity index (χ2v) is 3.43. The molecule has 0 radical (unpaired) electrons. The zero-order valence-electron chi connectivity index (χ0n) is 9.08. The summed E-state index contributed by atoms with van der Waals surface area (Å²) < 4.78 is 4.81. The standard InChI is InChI=1S/C11H19NO2/c1-3-4-5-6-7-8-11(9-12)14-10(2)13/h11H,3-8H2,1-2H3. The van der Waals surface area contributed by atoms with Gasteiger partial charge in [-0.05, 0) is 12.8 Å². The van der Waals surface area contributed by atoms with Crippen LogP contribution >= 0.6 is 0 Å². The van der Waals surface area contributed by atoms with E-state index in [4.69, 9.17) is 10.00 Å². The molecule has 0 aromatic rings. The van der Waals surface area contributed by atoms with Crippen LogP contribution in [0.15, 0.2) is 0 Å². The van der Waals surface area contributed by atoms with Crippen LogP contribution in [0.2, 0.25) is 0 Å². The van der Waals surface area contributed by atoms with Crippen LogP contribution in [-0.4, -0.2) is 12.1 Å². The van der Waals surface area contributed by atoms with Crippen molar-refractivity contribution in [3.63, 3.8) is 0 Å². The summed E-state index contributed by atoms with van der Waals surface area (Å²) in [7, 11) is 0. The van der Waals surface area contributed by atoms with Gasteiger partial charge in [0.1, 0.15) is 6.07 Å². The Labute approximate surface area is 86.1 Å². The van der Waals surface area contributed by atoms with Crippen LogP contribution in [-0.2, 0) is 9.53 Å². The molecule has 1 atom stereocenters. The van der Waals surface area contributed by atoms with Gasteiger partial charge < -0.3 is 4.74 Å². The molecular formula is C11H19NO2. The molecule has 3 heteroatoms. The molecular weight excluding hydrogens is 178 g/mol. The molecule has 3 nitrogen and oxygen atoms in total. The molecule has 0 N–H and O–H groups in total. The lowest BCUT2D eigenvalue weighted by Crippen LogP contribution is -2.13. The summed E-state index contributed by atoms with van der Waals surface area (Å²) in [5.41, 5.74) is 0. The van der Waals surface area contributed by atoms with Crippen molar-refractivity contribution in [1.29, 1.82) is 5.26 Å². The lowest BCUT2D eigenvalue weighted by molar-refractivity contribution is -0.144. The van der Waals surface area contributed by atoms with Crippen molar-refractivity contribution < 1.29 is 9.53 Å². The van der Waals surface area contributed by atoms with Crippen LogP contribution in [0.4, 0.5) is 0 Å². The van der Waals surface area contributed by atoms with E-state index in [0.29, 0.717) is 6.42 Å². The zero-order chi connectivity index (χ0) is 10.8. The maximum absolute atomic E-state index is 10.6. The van der Waals surface area contributed by atoms with Crippen molar-refractivity contribution in [3.8, 4) is 6.07 Å². The van der Waals surface area contributed by atoms with Crippen LogP contribution < -0.4 is 0 Å². The monoisotopic (exact) mass is 197 g/mol. The van der Waals surface area contributed by atoms with Gasteiger partial charge in [0, 0.05) is 6.92 Å². The Hall–Kier alpha value is -1.04. The molecule has 0 heterocycles. The highest BCUT2D eigenvalue weighted by Crippen LogP contribution is 2.09. The number of hydrogen-bond acceptors (Lipinski definition) is 3. The summed E-state index contributed by atoms with van der Waals surface area (Å²) in [4.78, 5) is 10.6. The molecule has 0 aromatic carbocycles. The van der Waals surface area contributed by atoms with E-state index in [1.165, 1.54) is 26.2 Å². The molecule has 0 saturated carbocycles. The number of unbranched alkanes of at least 4 members (excludes halogenated alkanes) is 4. The number of ether oxygens (including phenoxy) is 1. The molecule has 0 spiro atoms. The van der Waals surface area contributed by atoms with Crippen LogP contribution in [0.5, 0.6) is 0 Å². The topological polar surface area (TPSA) is 50.1 Å². The van der Waals surface area contributed by atoms with E-state index in [9.17, 15) is 4.79 Å². The second-order valence-electron chi connectivity index (χ2n) is 3.43. The van der Waals surface area contributed by atoms with Crippen LogP contribution in [0.3, 0.4) is 0 Å². The first-order valence-corrected chi connectivity index (χ1v) is 5.27. The van der Waals surface area contributed by atoms with Gasteiger partial charge in [-0.3, -0.25) is 4.79 Å². The Morgan fingerprint density at radius 2 is 2.00 bits per heavy atom. The smallest absolute Gasteiger partial charge is 0.303 e. The normalized spacial score (nSPS) is 11.8. The number of hydrogen-bond donors (Lipinski definition) is 0. The van der Waals surface area contributed by atoms with Gasteiger partial charge >= 0.3 is 5.97 Å². The molecule has 80 valence electrons. The van der Waals surface area contributed by atoms with Crippen molar-refractivity contribution in [1.82, 2.24) is 0 Å². The van der Waals surface area contributed by atoms with Gasteiger partial charge in [0.2, 0.25) is 0 Å². The Bertz CT molecular complexity index is 196. The summed E-state index contributed by atoms with van der Waals surface area (Å²) in [6.45, 7) is 3.50. The quantitative estimate of drug-likeness (QED) is 0.466. The number of carbonyl (C=O) groups excluding carboxylic acids is 1. The lowest BCUT2D eigenvalue weighted by atomic mass is 10.1. The number of esters is 1. The third-order valence-corrected chi connectivity index (χ3v) is 2.02. The van der Waals surface area contributed by atoms with Gasteiger partial charge in [-0.2, -0.15) is 5.26 Å². The van der Waals surface area contributed by atoms with Gasteiger partial charge in [-0.25, -0.2) is 0 Å². The van der Waals surface area contributed by atoms with Gasteiger partial charge in [0.15, 0.2) is 6.10 Å². The lowest BCUT2D eigenvalue weighted by Gasteiger charge is -2.08. The number of carbonyl (C=O) groups is 1. The van der Waals surface area contributed by atoms with Crippen molar-refractivity contribution in [2.24, 2.45) is 0 Å². The van der Waals surface area contributed by atoms with E-state index in [2.05, 4.69) is 6.92 Å². The van der Waals surface area contributed by atoms with Gasteiger partial charge in [-0.1, -0.05) is 32.6 Å². The fourth-order valence-corrected chi connectivity index (χ4v) is 1.28. The second kappa shape index (κ2) is 8.55. The van der Waals surface area contributed by atoms with E-state index < -0.39 is 6.10 Å². The van der Waals surface area contributed by atoms with Gasteiger partial charge in [0.25, 0.3) is 0 Å². The van der Waals surface area contributed by atoms with Gasteiger partial charge in [0.05, 0.1) is 0 Å². The van der Waals surface area contributed by atoms with Crippen molar-refractivity contribution in [2.45, 2.75) is 58.5 Å². The molecule has 0 rings (SSSR count). The van der Waals surface area contributed by atoms with Crippen LogP contribution in [0.25, 0.3) is 0 Å². The Morgan fingerprint density at radius 3 is 2.50 bits per heavy atom. The van der Waals surface area contributed by atoms with Crippen molar-refractivity contribution in [3.05, 3.63) is 0 Å². The summed E-state index contributed by atoms with van der Waals surface area (Å²) >= 11 is 0. The molecule has 0 amide bonds. The summed E-state index contributed by atoms with van der Waals surface area (Å²) in [5, 5.41) is 8.65. The molecule has 0 aliphatic heterocycles.